The van der Waals surface area contributed by atoms with Crippen molar-refractivity contribution in [3.63, 3.8) is 0 Å². The van der Waals surface area contributed by atoms with Gasteiger partial charge in [-0.05, 0) is 18.6 Å². The number of nitrogens with zero attached hydrogens (tertiary/aromatic N) is 2. The summed E-state index contributed by atoms with van der Waals surface area (Å²) in [5.74, 6) is 0. The zero-order chi connectivity index (χ0) is 8.27. The molecule has 1 aromatic carbocycles. The summed E-state index contributed by atoms with van der Waals surface area (Å²) < 4.78 is 0. The lowest BCUT2D eigenvalue weighted by atomic mass is 10.2. The molecule has 1 N–H and O–H groups in total. The lowest BCUT2D eigenvalue weighted by Crippen LogP contribution is -1.89. The Bertz CT molecular complexity index is 299. The van der Waals surface area contributed by atoms with Gasteiger partial charge in [-0.25, -0.2) is 0 Å². The summed E-state index contributed by atoms with van der Waals surface area (Å²) >= 11 is 0. The Balaban J connectivity index is 3.15. The van der Waals surface area contributed by atoms with Crippen LogP contribution in [0, 0.1) is 12.3 Å². The van der Waals surface area contributed by atoms with Crippen LogP contribution in [0.15, 0.2) is 18.2 Å². The molecule has 0 aliphatic carbocycles. The van der Waals surface area contributed by atoms with Crippen molar-refractivity contribution in [2.24, 2.45) is 0 Å². The number of benzene rings is 1. The van der Waals surface area contributed by atoms with Crippen LogP contribution in [0.2, 0.25) is 0 Å². The van der Waals surface area contributed by atoms with Crippen molar-refractivity contribution in [1.82, 2.24) is 0 Å². The number of diazo groups is 1. The molecule has 56 valence electrons. The molecule has 0 aliphatic heterocycles. The maximum absolute atomic E-state index is 8.45. The quantitative estimate of drug-likeness (QED) is 0.621. The highest BCUT2D eigenvalue weighted by Crippen LogP contribution is 2.21. The number of hydrogen-bond donors (Lipinski definition) is 1. The van der Waals surface area contributed by atoms with E-state index in [0.29, 0.717) is 5.69 Å². The molecule has 0 fully saturated rings. The third-order valence-corrected chi connectivity index (χ3v) is 1.61. The lowest BCUT2D eigenvalue weighted by Gasteiger charge is -2.00. The smallest absolute Gasteiger partial charge is 0.387 e. The second-order valence-corrected chi connectivity index (χ2v) is 2.35. The molecule has 0 saturated heterocycles. The van der Waals surface area contributed by atoms with Gasteiger partial charge in [-0.3, -0.25) is 0 Å². The summed E-state index contributed by atoms with van der Waals surface area (Å²) in [6, 6.07) is 5.45. The average Bonchev–Trinajstić information content (AvgIpc) is 2.05. The first-order valence-electron chi connectivity index (χ1n) is 3.41. The van der Waals surface area contributed by atoms with Gasteiger partial charge >= 0.3 is 5.69 Å². The first-order valence-corrected chi connectivity index (χ1v) is 3.41. The van der Waals surface area contributed by atoms with Crippen molar-refractivity contribution in [2.75, 3.05) is 12.4 Å². The van der Waals surface area contributed by atoms with E-state index < -0.39 is 0 Å². The molecular weight excluding hydrogens is 138 g/mol. The van der Waals surface area contributed by atoms with E-state index >= 15 is 0 Å². The molecule has 0 atom stereocenters. The van der Waals surface area contributed by atoms with E-state index in [-0.39, 0.29) is 0 Å². The molecule has 0 heterocycles. The maximum atomic E-state index is 8.45. The summed E-state index contributed by atoms with van der Waals surface area (Å²) in [6.07, 6.45) is 0. The van der Waals surface area contributed by atoms with Crippen molar-refractivity contribution in [3.05, 3.63) is 28.7 Å². The van der Waals surface area contributed by atoms with E-state index in [4.69, 9.17) is 5.39 Å². The maximum Gasteiger partial charge on any atom is 0.387 e. The highest BCUT2D eigenvalue weighted by atomic mass is 14.9. The van der Waals surface area contributed by atoms with Crippen LogP contribution in [0.3, 0.4) is 0 Å². The Morgan fingerprint density at radius 3 is 2.73 bits per heavy atom. The molecule has 3 heteroatoms. The van der Waals surface area contributed by atoms with Gasteiger partial charge in [0.1, 0.15) is 0 Å². The third-order valence-electron chi connectivity index (χ3n) is 1.61. The Morgan fingerprint density at radius 2 is 2.18 bits per heavy atom. The second kappa shape index (κ2) is 3.02. The van der Waals surface area contributed by atoms with Crippen LogP contribution in [0.25, 0.3) is 4.98 Å². The molecule has 0 unspecified atom stereocenters. The number of aryl methyl sites for hydroxylation is 1. The van der Waals surface area contributed by atoms with Gasteiger partial charge in [0, 0.05) is 18.8 Å². The molecule has 3 nitrogen and oxygen atoms in total. The monoisotopic (exact) mass is 148 g/mol. The minimum Gasteiger partial charge on any atom is -0.388 e. The molecule has 0 radical (unpaired) electrons. The molecule has 11 heavy (non-hydrogen) atoms. The minimum atomic E-state index is 0.569. The van der Waals surface area contributed by atoms with E-state index in [1.165, 1.54) is 0 Å². The summed E-state index contributed by atoms with van der Waals surface area (Å²) in [5.41, 5.74) is 2.69. The summed E-state index contributed by atoms with van der Waals surface area (Å²) in [4.78, 5) is 3.08. The average molecular weight is 148 g/mol. The van der Waals surface area contributed by atoms with Gasteiger partial charge in [-0.1, -0.05) is 0 Å². The predicted octanol–water partition coefficient (Wildman–Crippen LogP) is 2.52. The van der Waals surface area contributed by atoms with Gasteiger partial charge in [-0.2, -0.15) is 0 Å². The van der Waals surface area contributed by atoms with Crippen LogP contribution in [-0.4, -0.2) is 7.05 Å². The van der Waals surface area contributed by atoms with Gasteiger partial charge in [0.25, 0.3) is 0 Å². The van der Waals surface area contributed by atoms with Gasteiger partial charge < -0.3 is 5.32 Å². The Morgan fingerprint density at radius 1 is 1.45 bits per heavy atom. The Kier molecular flexibility index (Phi) is 2.07. The summed E-state index contributed by atoms with van der Waals surface area (Å²) in [6.45, 7) is 1.99. The standard InChI is InChI=1S/C8H10N3/c1-6-3-4-7(11-9)5-8(6)10-2/h3-5,10H,1-2H3/q+1. The molecule has 0 saturated carbocycles. The zero-order valence-corrected chi connectivity index (χ0v) is 6.63. The molecule has 1 rings (SSSR count). The van der Waals surface area contributed by atoms with Crippen molar-refractivity contribution in [2.45, 2.75) is 6.92 Å². The van der Waals surface area contributed by atoms with E-state index in [9.17, 15) is 0 Å². The van der Waals surface area contributed by atoms with E-state index in [1.54, 1.807) is 12.1 Å². The van der Waals surface area contributed by atoms with Crippen LogP contribution in [0.5, 0.6) is 0 Å². The minimum absolute atomic E-state index is 0.569. The molecule has 1 aromatic rings. The number of anilines is 1. The number of rotatable bonds is 1. The van der Waals surface area contributed by atoms with Crippen LogP contribution < -0.4 is 5.32 Å². The van der Waals surface area contributed by atoms with E-state index in [0.717, 1.165) is 11.3 Å². The fourth-order valence-corrected chi connectivity index (χ4v) is 0.942. The Hall–Kier alpha value is -1.56. The predicted molar refractivity (Wildman–Crippen MR) is 45.5 cm³/mol. The fraction of sp³-hybridized carbons (Fsp3) is 0.250. The van der Waals surface area contributed by atoms with Crippen molar-refractivity contribution < 1.29 is 0 Å². The topological polar surface area (TPSA) is 40.2 Å². The molecule has 0 aromatic heterocycles. The zero-order valence-electron chi connectivity index (χ0n) is 6.63. The number of nitrogens with one attached hydrogen (secondary N) is 1. The van der Waals surface area contributed by atoms with Gasteiger partial charge in [-0.15, -0.1) is 0 Å². The lowest BCUT2D eigenvalue weighted by molar-refractivity contribution is 1.39. The molecule has 0 aliphatic rings. The van der Waals surface area contributed by atoms with Crippen molar-refractivity contribution in [3.8, 4) is 0 Å². The van der Waals surface area contributed by atoms with Gasteiger partial charge in [0.15, 0.2) is 4.98 Å². The molecular formula is C8H10N3+. The summed E-state index contributed by atoms with van der Waals surface area (Å²) in [7, 11) is 1.84. The Labute approximate surface area is 65.7 Å². The normalized spacial score (nSPS) is 8.82. The number of hydrogen-bond acceptors (Lipinski definition) is 2. The van der Waals surface area contributed by atoms with Gasteiger partial charge in [0.05, 0.1) is 6.07 Å². The third kappa shape index (κ3) is 1.47. The largest absolute Gasteiger partial charge is 0.388 e. The van der Waals surface area contributed by atoms with Crippen LogP contribution >= 0.6 is 0 Å². The molecule has 0 amide bonds. The van der Waals surface area contributed by atoms with Crippen LogP contribution in [0.1, 0.15) is 5.56 Å². The highest BCUT2D eigenvalue weighted by Gasteiger charge is 2.05. The highest BCUT2D eigenvalue weighted by molar-refractivity contribution is 5.60. The van der Waals surface area contributed by atoms with Crippen molar-refractivity contribution >= 4 is 11.4 Å². The van der Waals surface area contributed by atoms with Crippen LogP contribution in [-0.2, 0) is 0 Å². The summed E-state index contributed by atoms with van der Waals surface area (Å²) in [5, 5.41) is 11.4. The first kappa shape index (κ1) is 7.55. The second-order valence-electron chi connectivity index (χ2n) is 2.35. The van der Waals surface area contributed by atoms with E-state index in [1.807, 2.05) is 20.0 Å². The molecule has 0 spiro atoms. The molecule has 0 bridgehead atoms. The van der Waals surface area contributed by atoms with Crippen molar-refractivity contribution in [1.29, 1.82) is 5.39 Å². The fourth-order valence-electron chi connectivity index (χ4n) is 0.942. The van der Waals surface area contributed by atoms with Crippen LogP contribution in [0.4, 0.5) is 11.4 Å². The van der Waals surface area contributed by atoms with E-state index in [2.05, 4.69) is 10.3 Å². The van der Waals surface area contributed by atoms with Gasteiger partial charge in [0.2, 0.25) is 5.39 Å². The first-order chi connectivity index (χ1) is 5.27. The SMILES string of the molecule is CNc1cc([N+]#N)ccc1C.